The van der Waals surface area contributed by atoms with Crippen molar-refractivity contribution in [3.05, 3.63) is 195 Å². The summed E-state index contributed by atoms with van der Waals surface area (Å²) in [6.07, 6.45) is 5.19. The van der Waals surface area contributed by atoms with Crippen molar-refractivity contribution >= 4 is 48.8 Å². The van der Waals surface area contributed by atoms with Crippen molar-refractivity contribution in [2.45, 2.75) is 51.0 Å². The number of ketones is 1. The molecule has 60 heavy (non-hydrogen) atoms. The SMILES string of the molecule is O=C(CNC(=O)c1ccccc1CCOc1cccc2c3c(sc12)CCCC3)c1ccc(OCc2ccccc2)c(N(Cc2ccccc2)S(=O)(=O)Cc2ccccc2)c1. The van der Waals surface area contributed by atoms with E-state index in [2.05, 4.69) is 17.4 Å². The van der Waals surface area contributed by atoms with Crippen LogP contribution in [-0.2, 0) is 48.2 Å². The summed E-state index contributed by atoms with van der Waals surface area (Å²) >= 11 is 1.83. The predicted molar refractivity (Wildman–Crippen MR) is 240 cm³/mol. The molecule has 0 bridgehead atoms. The summed E-state index contributed by atoms with van der Waals surface area (Å²) in [5, 5.41) is 4.11. The first kappa shape index (κ1) is 40.5. The van der Waals surface area contributed by atoms with Crippen LogP contribution in [0.2, 0.25) is 0 Å². The highest BCUT2D eigenvalue weighted by molar-refractivity contribution is 7.92. The number of aryl methyl sites for hydroxylation is 2. The van der Waals surface area contributed by atoms with Crippen molar-refractivity contribution in [3.8, 4) is 11.5 Å². The van der Waals surface area contributed by atoms with E-state index in [0.29, 0.717) is 29.9 Å². The first-order chi connectivity index (χ1) is 29.3. The second kappa shape index (κ2) is 18.8. The zero-order valence-electron chi connectivity index (χ0n) is 33.2. The standard InChI is InChI=1S/C50H46N2O6S2/c53-45(32-51-50(54)41-22-11-10-21-39(41)29-30-57-47-25-14-24-43-42-23-12-13-26-48(42)59-49(43)47)40-27-28-46(58-34-37-17-6-2-7-18-37)44(31-40)52(33-36-15-4-1-5-16-36)60(55,56)35-38-19-8-3-9-20-38/h1-11,14-22,24-25,27-28,31H,12-13,23,26,29-30,32-35H2,(H,51,54). The Hall–Kier alpha value is -6.23. The number of hydrogen-bond donors (Lipinski definition) is 1. The molecule has 0 aliphatic heterocycles. The van der Waals surface area contributed by atoms with Gasteiger partial charge in [-0.05, 0) is 89.2 Å². The summed E-state index contributed by atoms with van der Waals surface area (Å²) in [4.78, 5) is 29.0. The van der Waals surface area contributed by atoms with E-state index in [4.69, 9.17) is 9.47 Å². The molecule has 8 rings (SSSR count). The number of nitrogens with one attached hydrogen (secondary N) is 1. The Kier molecular flexibility index (Phi) is 12.7. The van der Waals surface area contributed by atoms with E-state index >= 15 is 0 Å². The molecule has 0 atom stereocenters. The first-order valence-electron chi connectivity index (χ1n) is 20.3. The highest BCUT2D eigenvalue weighted by Gasteiger charge is 2.28. The highest BCUT2D eigenvalue weighted by atomic mass is 32.2. The summed E-state index contributed by atoms with van der Waals surface area (Å²) in [6.45, 7) is 0.287. The number of hydrogen-bond acceptors (Lipinski definition) is 7. The molecule has 1 aliphatic rings. The third-order valence-electron chi connectivity index (χ3n) is 10.7. The van der Waals surface area contributed by atoms with Crippen molar-refractivity contribution in [2.24, 2.45) is 0 Å². The molecule has 0 saturated carbocycles. The molecule has 0 radical (unpaired) electrons. The van der Waals surface area contributed by atoms with Crippen LogP contribution >= 0.6 is 11.3 Å². The van der Waals surface area contributed by atoms with Gasteiger partial charge in [0.15, 0.2) is 5.78 Å². The third-order valence-corrected chi connectivity index (χ3v) is 13.7. The van der Waals surface area contributed by atoms with Crippen LogP contribution in [0, 0.1) is 0 Å². The van der Waals surface area contributed by atoms with E-state index in [1.807, 2.05) is 96.3 Å². The van der Waals surface area contributed by atoms with Gasteiger partial charge in [0.25, 0.3) is 5.91 Å². The van der Waals surface area contributed by atoms with Gasteiger partial charge in [0.05, 0.1) is 35.8 Å². The molecule has 0 fully saturated rings. The lowest BCUT2D eigenvalue weighted by Gasteiger charge is -2.27. The van der Waals surface area contributed by atoms with Gasteiger partial charge < -0.3 is 14.8 Å². The summed E-state index contributed by atoms with van der Waals surface area (Å²) < 4.78 is 43.9. The van der Waals surface area contributed by atoms with Gasteiger partial charge in [-0.2, -0.15) is 0 Å². The van der Waals surface area contributed by atoms with E-state index in [9.17, 15) is 18.0 Å². The van der Waals surface area contributed by atoms with E-state index in [-0.39, 0.29) is 48.4 Å². The topological polar surface area (TPSA) is 102 Å². The molecule has 0 saturated heterocycles. The minimum absolute atomic E-state index is 0.0110. The van der Waals surface area contributed by atoms with Gasteiger partial charge in [0.1, 0.15) is 18.1 Å². The maximum atomic E-state index is 14.4. The number of anilines is 1. The molecule has 7 aromatic rings. The monoisotopic (exact) mass is 834 g/mol. The fourth-order valence-electron chi connectivity index (χ4n) is 7.65. The lowest BCUT2D eigenvalue weighted by atomic mass is 9.96. The van der Waals surface area contributed by atoms with Crippen molar-refractivity contribution in [2.75, 3.05) is 17.5 Å². The Morgan fingerprint density at radius 1 is 0.683 bits per heavy atom. The van der Waals surface area contributed by atoms with Gasteiger partial charge in [0, 0.05) is 22.4 Å². The Morgan fingerprint density at radius 3 is 2.13 bits per heavy atom. The fraction of sp³-hybridized carbons (Fsp3) is 0.200. The van der Waals surface area contributed by atoms with Crippen LogP contribution in [0.1, 0.15) is 66.3 Å². The van der Waals surface area contributed by atoms with Gasteiger partial charge in [-0.3, -0.25) is 13.9 Å². The molecule has 1 aliphatic carbocycles. The van der Waals surface area contributed by atoms with Crippen LogP contribution in [0.25, 0.3) is 10.1 Å². The number of nitrogens with zero attached hydrogens (tertiary/aromatic N) is 1. The zero-order valence-corrected chi connectivity index (χ0v) is 34.9. The van der Waals surface area contributed by atoms with Gasteiger partial charge in [-0.1, -0.05) is 121 Å². The second-order valence-corrected chi connectivity index (χ2v) is 17.9. The molecule has 1 N–H and O–H groups in total. The Labute approximate surface area is 355 Å². The molecular weight excluding hydrogens is 789 g/mol. The summed E-state index contributed by atoms with van der Waals surface area (Å²) in [5.41, 5.74) is 5.49. The van der Waals surface area contributed by atoms with Gasteiger partial charge in [-0.25, -0.2) is 8.42 Å². The number of Topliss-reactive ketones (excluding diaryl/α,β-unsaturated/α-hetero) is 1. The van der Waals surface area contributed by atoms with Crippen LogP contribution in [0.3, 0.4) is 0 Å². The molecule has 0 spiro atoms. The third kappa shape index (κ3) is 9.62. The molecular formula is C50H46N2O6S2. The summed E-state index contributed by atoms with van der Waals surface area (Å²) in [5.74, 6) is 0.143. The number of carbonyl (C=O) groups excluding carboxylic acids is 2. The zero-order chi connectivity index (χ0) is 41.3. The normalized spacial score (nSPS) is 12.4. The smallest absolute Gasteiger partial charge is 0.251 e. The Morgan fingerprint density at radius 2 is 1.37 bits per heavy atom. The van der Waals surface area contributed by atoms with Gasteiger partial charge in [-0.15, -0.1) is 11.3 Å². The predicted octanol–water partition coefficient (Wildman–Crippen LogP) is 10.1. The van der Waals surface area contributed by atoms with E-state index < -0.39 is 10.0 Å². The lowest BCUT2D eigenvalue weighted by Crippen LogP contribution is -2.33. The maximum absolute atomic E-state index is 14.4. The van der Waals surface area contributed by atoms with Crippen molar-refractivity contribution < 1.29 is 27.5 Å². The largest absolute Gasteiger partial charge is 0.492 e. The number of ether oxygens (including phenoxy) is 2. The number of thiophene rings is 1. The minimum Gasteiger partial charge on any atom is -0.492 e. The second-order valence-electron chi connectivity index (χ2n) is 14.9. The molecule has 304 valence electrons. The molecule has 6 aromatic carbocycles. The molecule has 8 nitrogen and oxygen atoms in total. The number of fused-ring (bicyclic) bond motifs is 3. The molecule has 0 unspecified atom stereocenters. The van der Waals surface area contributed by atoms with Crippen LogP contribution < -0.4 is 19.1 Å². The summed E-state index contributed by atoms with van der Waals surface area (Å²) in [7, 11) is -4.02. The van der Waals surface area contributed by atoms with Crippen LogP contribution in [0.4, 0.5) is 5.69 Å². The van der Waals surface area contributed by atoms with Crippen LogP contribution in [-0.4, -0.2) is 33.3 Å². The number of amides is 1. The Balaban J connectivity index is 1.01. The van der Waals surface area contributed by atoms with Crippen molar-refractivity contribution in [1.82, 2.24) is 5.32 Å². The minimum atomic E-state index is -4.02. The van der Waals surface area contributed by atoms with Crippen LogP contribution in [0.15, 0.2) is 152 Å². The molecule has 1 heterocycles. The number of carbonyl (C=O) groups is 2. The van der Waals surface area contributed by atoms with Gasteiger partial charge in [0.2, 0.25) is 10.0 Å². The Bertz CT molecular complexity index is 2700. The number of benzene rings is 6. The first-order valence-corrected chi connectivity index (χ1v) is 22.7. The van der Waals surface area contributed by atoms with Crippen LogP contribution in [0.5, 0.6) is 11.5 Å². The summed E-state index contributed by atoms with van der Waals surface area (Å²) in [6, 6.07) is 46.3. The number of rotatable bonds is 17. The molecule has 1 amide bonds. The average Bonchev–Trinajstić information content (AvgIpc) is 3.67. The van der Waals surface area contributed by atoms with Crippen molar-refractivity contribution in [1.29, 1.82) is 0 Å². The van der Waals surface area contributed by atoms with Crippen molar-refractivity contribution in [3.63, 3.8) is 0 Å². The quantitative estimate of drug-likeness (QED) is 0.0917. The maximum Gasteiger partial charge on any atom is 0.251 e. The fourth-order valence-corrected chi connectivity index (χ4v) is 10.6. The lowest BCUT2D eigenvalue weighted by molar-refractivity contribution is 0.0903. The average molecular weight is 835 g/mol. The molecule has 1 aromatic heterocycles. The van der Waals surface area contributed by atoms with E-state index in [1.54, 1.807) is 54.6 Å². The van der Waals surface area contributed by atoms with E-state index in [1.165, 1.54) is 37.7 Å². The number of sulfonamides is 1. The van der Waals surface area contributed by atoms with Gasteiger partial charge >= 0.3 is 0 Å². The molecule has 10 heteroatoms. The highest BCUT2D eigenvalue weighted by Crippen LogP contribution is 2.41. The van der Waals surface area contributed by atoms with E-state index in [0.717, 1.165) is 35.3 Å².